The quantitative estimate of drug-likeness (QED) is 0.406. The maximum absolute atomic E-state index is 9.22. The van der Waals surface area contributed by atoms with E-state index in [1.807, 2.05) is 0 Å². The molecule has 4 N–H and O–H groups in total. The summed E-state index contributed by atoms with van der Waals surface area (Å²) in [4.78, 5) is 0. The molecule has 0 aromatic rings. The van der Waals surface area contributed by atoms with E-state index < -0.39 is 18.3 Å². The first kappa shape index (κ1) is 9.51. The van der Waals surface area contributed by atoms with Crippen molar-refractivity contribution in [3.63, 3.8) is 0 Å². The third kappa shape index (κ3) is 1.97. The molecular formula is C8H14O4. The van der Waals surface area contributed by atoms with Gasteiger partial charge in [-0.25, -0.2) is 0 Å². The van der Waals surface area contributed by atoms with Crippen LogP contribution in [0.2, 0.25) is 0 Å². The van der Waals surface area contributed by atoms with Crippen LogP contribution < -0.4 is 0 Å². The molecule has 70 valence electrons. The lowest BCUT2D eigenvalue weighted by Gasteiger charge is -2.24. The molecule has 0 saturated carbocycles. The Labute approximate surface area is 70.8 Å². The number of aliphatic hydroxyl groups is 4. The molecule has 0 aromatic carbocycles. The molecule has 0 saturated heterocycles. The van der Waals surface area contributed by atoms with Crippen LogP contribution in [0.5, 0.6) is 0 Å². The van der Waals surface area contributed by atoms with Crippen LogP contribution in [0.1, 0.15) is 19.3 Å². The van der Waals surface area contributed by atoms with Crippen LogP contribution in [-0.4, -0.2) is 38.7 Å². The van der Waals surface area contributed by atoms with E-state index in [2.05, 4.69) is 0 Å². The minimum absolute atomic E-state index is 0.249. The van der Waals surface area contributed by atoms with Gasteiger partial charge in [-0.05, 0) is 25.3 Å². The molecule has 1 aliphatic rings. The van der Waals surface area contributed by atoms with Crippen LogP contribution >= 0.6 is 0 Å². The van der Waals surface area contributed by atoms with Gasteiger partial charge in [0, 0.05) is 0 Å². The molecule has 0 bridgehead atoms. The Morgan fingerprint density at radius 1 is 1.25 bits per heavy atom. The van der Waals surface area contributed by atoms with Gasteiger partial charge in [-0.3, -0.25) is 0 Å². The first-order valence-electron chi connectivity index (χ1n) is 4.06. The molecule has 0 radical (unpaired) electrons. The lowest BCUT2D eigenvalue weighted by atomic mass is 9.97. The SMILES string of the molecule is OC1=CCCCC(O)C(O)C1O. The van der Waals surface area contributed by atoms with Gasteiger partial charge in [-0.1, -0.05) is 0 Å². The van der Waals surface area contributed by atoms with Crippen molar-refractivity contribution in [3.05, 3.63) is 11.8 Å². The molecule has 12 heavy (non-hydrogen) atoms. The number of rotatable bonds is 0. The predicted octanol–water partition coefficient (Wildman–Crippen LogP) is -0.305. The summed E-state index contributed by atoms with van der Waals surface area (Å²) in [6.07, 6.45) is -0.332. The van der Waals surface area contributed by atoms with Crippen molar-refractivity contribution in [2.24, 2.45) is 0 Å². The summed E-state index contributed by atoms with van der Waals surface area (Å²) in [7, 11) is 0. The van der Waals surface area contributed by atoms with Crippen molar-refractivity contribution < 1.29 is 20.4 Å². The number of aliphatic hydroxyl groups excluding tert-OH is 4. The number of hydrogen-bond acceptors (Lipinski definition) is 4. The molecule has 0 aliphatic heterocycles. The largest absolute Gasteiger partial charge is 0.510 e. The minimum Gasteiger partial charge on any atom is -0.510 e. The standard InChI is InChI=1S/C8H14O4/c9-5-3-1-2-4-6(10)8(12)7(5)11/h3,6-12H,1-2,4H2. The summed E-state index contributed by atoms with van der Waals surface area (Å²) in [5, 5.41) is 36.7. The third-order valence-corrected chi connectivity index (χ3v) is 2.08. The Hall–Kier alpha value is -0.580. The van der Waals surface area contributed by atoms with Gasteiger partial charge >= 0.3 is 0 Å². The second-order valence-electron chi connectivity index (χ2n) is 3.06. The first-order chi connectivity index (χ1) is 5.63. The summed E-state index contributed by atoms with van der Waals surface area (Å²) in [6.45, 7) is 0. The minimum atomic E-state index is -1.35. The maximum atomic E-state index is 9.22. The zero-order valence-electron chi connectivity index (χ0n) is 6.72. The average molecular weight is 174 g/mol. The highest BCUT2D eigenvalue weighted by Gasteiger charge is 2.28. The molecule has 3 unspecified atom stereocenters. The van der Waals surface area contributed by atoms with Crippen molar-refractivity contribution in [1.82, 2.24) is 0 Å². The Balaban J connectivity index is 2.71. The van der Waals surface area contributed by atoms with E-state index in [-0.39, 0.29) is 5.76 Å². The van der Waals surface area contributed by atoms with Crippen molar-refractivity contribution in [2.45, 2.75) is 37.6 Å². The molecule has 1 rings (SSSR count). The molecule has 1 aliphatic carbocycles. The van der Waals surface area contributed by atoms with Crippen LogP contribution in [0, 0.1) is 0 Å². The Kier molecular flexibility index (Phi) is 3.08. The Morgan fingerprint density at radius 3 is 2.58 bits per heavy atom. The van der Waals surface area contributed by atoms with Crippen molar-refractivity contribution in [1.29, 1.82) is 0 Å². The fourth-order valence-electron chi connectivity index (χ4n) is 1.25. The van der Waals surface area contributed by atoms with E-state index in [0.29, 0.717) is 19.3 Å². The maximum Gasteiger partial charge on any atom is 0.139 e. The predicted molar refractivity (Wildman–Crippen MR) is 42.6 cm³/mol. The van der Waals surface area contributed by atoms with Crippen LogP contribution in [0.4, 0.5) is 0 Å². The van der Waals surface area contributed by atoms with E-state index in [0.717, 1.165) is 0 Å². The van der Waals surface area contributed by atoms with Gasteiger partial charge in [0.15, 0.2) is 0 Å². The van der Waals surface area contributed by atoms with Gasteiger partial charge in [0.25, 0.3) is 0 Å². The monoisotopic (exact) mass is 174 g/mol. The zero-order valence-corrected chi connectivity index (χ0v) is 6.72. The first-order valence-corrected chi connectivity index (χ1v) is 4.06. The molecule has 4 nitrogen and oxygen atoms in total. The topological polar surface area (TPSA) is 80.9 Å². The molecule has 0 spiro atoms. The highest BCUT2D eigenvalue weighted by molar-refractivity contribution is 5.03. The summed E-state index contributed by atoms with van der Waals surface area (Å²) in [5.41, 5.74) is 0. The number of allylic oxidation sites excluding steroid dienone is 1. The lowest BCUT2D eigenvalue weighted by molar-refractivity contribution is -0.0622. The molecule has 0 fully saturated rings. The van der Waals surface area contributed by atoms with E-state index in [1.54, 1.807) is 0 Å². The summed E-state index contributed by atoms with van der Waals surface area (Å²) in [6, 6.07) is 0. The van der Waals surface area contributed by atoms with E-state index in [9.17, 15) is 15.3 Å². The van der Waals surface area contributed by atoms with Gasteiger partial charge < -0.3 is 20.4 Å². The third-order valence-electron chi connectivity index (χ3n) is 2.08. The van der Waals surface area contributed by atoms with Crippen molar-refractivity contribution in [3.8, 4) is 0 Å². The van der Waals surface area contributed by atoms with E-state index >= 15 is 0 Å². The second kappa shape index (κ2) is 3.89. The highest BCUT2D eigenvalue weighted by atomic mass is 16.4. The van der Waals surface area contributed by atoms with Crippen molar-refractivity contribution >= 4 is 0 Å². The summed E-state index contributed by atoms with van der Waals surface area (Å²) >= 11 is 0. The zero-order chi connectivity index (χ0) is 9.14. The van der Waals surface area contributed by atoms with Gasteiger partial charge in [0.1, 0.15) is 18.0 Å². The molecule has 0 heterocycles. The molecular weight excluding hydrogens is 160 g/mol. The summed E-state index contributed by atoms with van der Waals surface area (Å²) in [5.74, 6) is -0.249. The Bertz CT molecular complexity index is 178. The van der Waals surface area contributed by atoms with Crippen LogP contribution in [0.15, 0.2) is 11.8 Å². The molecule has 0 amide bonds. The van der Waals surface area contributed by atoms with Crippen LogP contribution in [0.25, 0.3) is 0 Å². The highest BCUT2D eigenvalue weighted by Crippen LogP contribution is 2.17. The normalized spacial score (nSPS) is 38.2. The molecule has 4 heteroatoms. The van der Waals surface area contributed by atoms with E-state index in [1.165, 1.54) is 6.08 Å². The fraction of sp³-hybridized carbons (Fsp3) is 0.750. The van der Waals surface area contributed by atoms with Gasteiger partial charge in [0.05, 0.1) is 6.10 Å². The average Bonchev–Trinajstić information content (AvgIpc) is 2.07. The lowest BCUT2D eigenvalue weighted by Crippen LogP contribution is -2.39. The van der Waals surface area contributed by atoms with Gasteiger partial charge in [-0.2, -0.15) is 0 Å². The van der Waals surface area contributed by atoms with Crippen LogP contribution in [0.3, 0.4) is 0 Å². The summed E-state index contributed by atoms with van der Waals surface area (Å²) < 4.78 is 0. The molecule has 3 atom stereocenters. The second-order valence-corrected chi connectivity index (χ2v) is 3.06. The van der Waals surface area contributed by atoms with Gasteiger partial charge in [-0.15, -0.1) is 0 Å². The van der Waals surface area contributed by atoms with Crippen LogP contribution in [-0.2, 0) is 0 Å². The fourth-order valence-corrected chi connectivity index (χ4v) is 1.25. The van der Waals surface area contributed by atoms with Gasteiger partial charge in [0.2, 0.25) is 0 Å². The van der Waals surface area contributed by atoms with Crippen molar-refractivity contribution in [2.75, 3.05) is 0 Å². The number of hydrogen-bond donors (Lipinski definition) is 4. The van der Waals surface area contributed by atoms with E-state index in [4.69, 9.17) is 5.11 Å². The molecule has 0 aromatic heterocycles. The smallest absolute Gasteiger partial charge is 0.139 e. The Morgan fingerprint density at radius 2 is 1.92 bits per heavy atom.